The molecule has 0 spiro atoms. The van der Waals surface area contributed by atoms with Crippen LogP contribution in [0.1, 0.15) is 56.0 Å². The van der Waals surface area contributed by atoms with Crippen molar-refractivity contribution in [1.29, 1.82) is 0 Å². The van der Waals surface area contributed by atoms with Crippen LogP contribution in [0.2, 0.25) is 0 Å². The largest absolute Gasteiger partial charge is 0.304 e. The third-order valence-corrected chi connectivity index (χ3v) is 5.39. The summed E-state index contributed by atoms with van der Waals surface area (Å²) in [7, 11) is 0. The highest BCUT2D eigenvalue weighted by Crippen LogP contribution is 2.39. The van der Waals surface area contributed by atoms with E-state index < -0.39 is 0 Å². The van der Waals surface area contributed by atoms with Crippen LogP contribution in [0.15, 0.2) is 24.5 Å². The summed E-state index contributed by atoms with van der Waals surface area (Å²) in [6, 6.07) is 4.63. The van der Waals surface area contributed by atoms with Crippen molar-refractivity contribution >= 4 is 12.2 Å². The van der Waals surface area contributed by atoms with Crippen LogP contribution in [0.5, 0.6) is 0 Å². The second-order valence-corrected chi connectivity index (χ2v) is 6.92. The van der Waals surface area contributed by atoms with Crippen LogP contribution in [-0.2, 0) is 13.2 Å². The Morgan fingerprint density at radius 3 is 2.87 bits per heavy atom. The fraction of sp³-hybridized carbons (Fsp3) is 0.588. The van der Waals surface area contributed by atoms with Crippen LogP contribution in [0.4, 0.5) is 0 Å². The van der Waals surface area contributed by atoms with Crippen LogP contribution < -0.4 is 0 Å². The van der Waals surface area contributed by atoms with E-state index in [-0.39, 0.29) is 0 Å². The van der Waals surface area contributed by atoms with E-state index in [1.165, 1.54) is 37.1 Å². The quantitative estimate of drug-likeness (QED) is 0.787. The van der Waals surface area contributed by atoms with Gasteiger partial charge in [-0.25, -0.2) is 4.68 Å². The lowest BCUT2D eigenvalue weighted by molar-refractivity contribution is 0.189. The molecule has 1 saturated carbocycles. The molecule has 5 nitrogen and oxygen atoms in total. The lowest BCUT2D eigenvalue weighted by Gasteiger charge is -2.24. The average Bonchev–Trinajstić information content (AvgIpc) is 3.24. The van der Waals surface area contributed by atoms with E-state index in [2.05, 4.69) is 27.4 Å². The van der Waals surface area contributed by atoms with E-state index in [1.54, 1.807) is 0 Å². The standard InChI is InChI=1S/C17H23N5S/c1-2-21-16(13-7-8-13)19-22(17(21)23)12-20-10-4-6-15(20)14-5-3-9-18-11-14/h3,5,9,11,13,15H,2,4,6-8,10,12H2,1H3. The molecule has 0 radical (unpaired) electrons. The number of nitrogens with zero attached hydrogens (tertiary/aromatic N) is 5. The van der Waals surface area contributed by atoms with Crippen molar-refractivity contribution in [3.63, 3.8) is 0 Å². The predicted octanol–water partition coefficient (Wildman–Crippen LogP) is 3.50. The molecule has 2 fully saturated rings. The van der Waals surface area contributed by atoms with Crippen LogP contribution in [0.3, 0.4) is 0 Å². The summed E-state index contributed by atoms with van der Waals surface area (Å²) in [6.45, 7) is 4.95. The topological polar surface area (TPSA) is 38.9 Å². The minimum Gasteiger partial charge on any atom is -0.304 e. The molecule has 1 aliphatic carbocycles. The molecule has 122 valence electrons. The van der Waals surface area contributed by atoms with Gasteiger partial charge < -0.3 is 4.57 Å². The van der Waals surface area contributed by atoms with Gasteiger partial charge in [0.1, 0.15) is 5.82 Å². The zero-order valence-electron chi connectivity index (χ0n) is 13.6. The number of pyridine rings is 1. The van der Waals surface area contributed by atoms with Gasteiger partial charge in [0.15, 0.2) is 4.77 Å². The van der Waals surface area contributed by atoms with Gasteiger partial charge >= 0.3 is 0 Å². The van der Waals surface area contributed by atoms with Crippen LogP contribution in [0, 0.1) is 4.77 Å². The van der Waals surface area contributed by atoms with Crippen molar-refractivity contribution in [2.45, 2.75) is 57.8 Å². The first-order valence-corrected chi connectivity index (χ1v) is 9.00. The molecule has 1 saturated heterocycles. The summed E-state index contributed by atoms with van der Waals surface area (Å²) < 4.78 is 5.11. The zero-order chi connectivity index (χ0) is 15.8. The fourth-order valence-corrected chi connectivity index (χ4v) is 3.93. The molecule has 1 unspecified atom stereocenters. The maximum Gasteiger partial charge on any atom is 0.199 e. The van der Waals surface area contributed by atoms with Gasteiger partial charge in [0.25, 0.3) is 0 Å². The van der Waals surface area contributed by atoms with Crippen molar-refractivity contribution in [2.24, 2.45) is 0 Å². The lowest BCUT2D eigenvalue weighted by Crippen LogP contribution is -2.27. The van der Waals surface area contributed by atoms with Crippen molar-refractivity contribution < 1.29 is 0 Å². The Bertz CT molecular complexity index is 731. The van der Waals surface area contributed by atoms with Gasteiger partial charge in [0, 0.05) is 37.4 Å². The van der Waals surface area contributed by atoms with E-state index >= 15 is 0 Å². The van der Waals surface area contributed by atoms with Crippen LogP contribution in [-0.4, -0.2) is 30.8 Å². The molecular weight excluding hydrogens is 306 g/mol. The number of aromatic nitrogens is 4. The minimum atomic E-state index is 0.432. The summed E-state index contributed by atoms with van der Waals surface area (Å²) in [5, 5.41) is 4.85. The highest BCUT2D eigenvalue weighted by Gasteiger charge is 2.31. The Kier molecular flexibility index (Phi) is 4.03. The molecule has 3 heterocycles. The van der Waals surface area contributed by atoms with Crippen molar-refractivity contribution in [1.82, 2.24) is 24.2 Å². The third-order valence-electron chi connectivity index (χ3n) is 4.96. The molecule has 4 rings (SSSR count). The molecule has 2 aromatic rings. The normalized spacial score (nSPS) is 21.9. The second-order valence-electron chi connectivity index (χ2n) is 6.56. The Balaban J connectivity index is 1.59. The van der Waals surface area contributed by atoms with E-state index in [0.29, 0.717) is 12.0 Å². The third kappa shape index (κ3) is 2.85. The molecule has 0 aromatic carbocycles. The maximum atomic E-state index is 5.67. The van der Waals surface area contributed by atoms with E-state index in [4.69, 9.17) is 17.3 Å². The van der Waals surface area contributed by atoms with Gasteiger partial charge in [-0.1, -0.05) is 6.07 Å². The average molecular weight is 329 g/mol. The second kappa shape index (κ2) is 6.17. The first kappa shape index (κ1) is 15.0. The van der Waals surface area contributed by atoms with Gasteiger partial charge in [0.05, 0.1) is 6.67 Å². The number of rotatable bonds is 5. The van der Waals surface area contributed by atoms with Gasteiger partial charge in [0.2, 0.25) is 0 Å². The molecule has 0 bridgehead atoms. The summed E-state index contributed by atoms with van der Waals surface area (Å²) in [5.74, 6) is 1.82. The molecular formula is C17H23N5S. The van der Waals surface area contributed by atoms with Gasteiger partial charge in [-0.15, -0.1) is 0 Å². The molecule has 2 aliphatic rings. The van der Waals surface area contributed by atoms with Crippen LogP contribution in [0.25, 0.3) is 0 Å². The highest BCUT2D eigenvalue weighted by atomic mass is 32.1. The Hall–Kier alpha value is -1.53. The number of likely N-dealkylation sites (tertiary alicyclic amines) is 1. The monoisotopic (exact) mass is 329 g/mol. The Morgan fingerprint density at radius 1 is 1.30 bits per heavy atom. The van der Waals surface area contributed by atoms with Gasteiger partial charge in [-0.3, -0.25) is 9.88 Å². The summed E-state index contributed by atoms with van der Waals surface area (Å²) in [5.41, 5.74) is 1.30. The van der Waals surface area contributed by atoms with Crippen molar-refractivity contribution in [3.05, 3.63) is 40.7 Å². The SMILES string of the molecule is CCn1c(C2CC2)nn(CN2CCCC2c2cccnc2)c1=S. The lowest BCUT2D eigenvalue weighted by atomic mass is 10.1. The summed E-state index contributed by atoms with van der Waals surface area (Å²) >= 11 is 5.67. The maximum absolute atomic E-state index is 5.67. The van der Waals surface area contributed by atoms with E-state index in [1.807, 2.05) is 23.1 Å². The highest BCUT2D eigenvalue weighted by molar-refractivity contribution is 7.71. The number of hydrogen-bond acceptors (Lipinski definition) is 4. The van der Waals surface area contributed by atoms with E-state index in [9.17, 15) is 0 Å². The van der Waals surface area contributed by atoms with Crippen LogP contribution >= 0.6 is 12.2 Å². The zero-order valence-corrected chi connectivity index (χ0v) is 14.4. The van der Waals surface area contributed by atoms with Crippen molar-refractivity contribution in [2.75, 3.05) is 6.54 Å². The minimum absolute atomic E-state index is 0.432. The molecule has 23 heavy (non-hydrogen) atoms. The molecule has 0 N–H and O–H groups in total. The first-order chi connectivity index (χ1) is 11.3. The number of hydrogen-bond donors (Lipinski definition) is 0. The summed E-state index contributed by atoms with van der Waals surface area (Å²) in [6.07, 6.45) is 8.74. The molecule has 6 heteroatoms. The molecule has 0 amide bonds. The smallest absolute Gasteiger partial charge is 0.199 e. The molecule has 1 atom stereocenters. The first-order valence-electron chi connectivity index (χ1n) is 8.59. The fourth-order valence-electron chi connectivity index (χ4n) is 3.61. The van der Waals surface area contributed by atoms with Gasteiger partial charge in [-0.2, -0.15) is 5.10 Å². The van der Waals surface area contributed by atoms with E-state index in [0.717, 1.165) is 24.5 Å². The Labute approximate surface area is 142 Å². The molecule has 2 aromatic heterocycles. The molecule has 1 aliphatic heterocycles. The van der Waals surface area contributed by atoms with Crippen molar-refractivity contribution in [3.8, 4) is 0 Å². The predicted molar refractivity (Wildman–Crippen MR) is 91.6 cm³/mol. The Morgan fingerprint density at radius 2 is 2.17 bits per heavy atom. The summed E-state index contributed by atoms with van der Waals surface area (Å²) in [4.78, 5) is 6.76. The van der Waals surface area contributed by atoms with Gasteiger partial charge in [-0.05, 0) is 56.5 Å².